The van der Waals surface area contributed by atoms with Crippen molar-refractivity contribution in [1.82, 2.24) is 14.5 Å². The number of rotatable bonds is 4. The van der Waals surface area contributed by atoms with Crippen LogP contribution in [0.15, 0.2) is 17.3 Å². The summed E-state index contributed by atoms with van der Waals surface area (Å²) in [5.74, 6) is -1.21. The van der Waals surface area contributed by atoms with Crippen LogP contribution in [0.3, 0.4) is 0 Å². The molecule has 0 amide bonds. The number of nitrogens with zero attached hydrogens (tertiary/aromatic N) is 2. The molecule has 0 unspecified atom stereocenters. The maximum atomic E-state index is 12.2. The highest BCUT2D eigenvalue weighted by Gasteiger charge is 2.36. The summed E-state index contributed by atoms with van der Waals surface area (Å²) in [6.45, 7) is 4.29. The zero-order chi connectivity index (χ0) is 13.3. The smallest absolute Gasteiger partial charge is 0.318 e. The van der Waals surface area contributed by atoms with E-state index in [1.54, 1.807) is 20.8 Å². The van der Waals surface area contributed by atoms with Crippen molar-refractivity contribution in [2.45, 2.75) is 31.3 Å². The van der Waals surface area contributed by atoms with E-state index in [1.807, 2.05) is 0 Å². The topological polar surface area (TPSA) is 103 Å². The zero-order valence-electron chi connectivity index (χ0n) is 9.84. The van der Waals surface area contributed by atoms with Gasteiger partial charge in [0.05, 0.1) is 6.20 Å². The minimum atomic E-state index is -3.88. The Balaban J connectivity index is 3.20. The molecule has 0 saturated carbocycles. The summed E-state index contributed by atoms with van der Waals surface area (Å²) in [5, 5.41) is 14.5. The number of aromatic amines is 1. The number of aromatic nitrogens is 2. The summed E-state index contributed by atoms with van der Waals surface area (Å²) in [7, 11) is -3.88. The Hall–Kier alpha value is -1.41. The molecule has 0 aliphatic heterocycles. The molecule has 0 atom stereocenters. The molecule has 8 heteroatoms. The van der Waals surface area contributed by atoms with Gasteiger partial charge >= 0.3 is 5.97 Å². The van der Waals surface area contributed by atoms with Crippen molar-refractivity contribution in [1.29, 1.82) is 0 Å². The monoisotopic (exact) mass is 261 g/mol. The molecule has 7 nitrogen and oxygen atoms in total. The number of H-pyrrole nitrogens is 1. The predicted octanol–water partition coefficient (Wildman–Crippen LogP) is 0.283. The summed E-state index contributed by atoms with van der Waals surface area (Å²) in [6, 6.07) is 1.29. The zero-order valence-corrected chi connectivity index (χ0v) is 10.7. The van der Waals surface area contributed by atoms with Gasteiger partial charge in [-0.3, -0.25) is 9.89 Å². The molecule has 96 valence electrons. The first-order valence-electron chi connectivity index (χ1n) is 4.89. The maximum absolute atomic E-state index is 12.2. The lowest BCUT2D eigenvalue weighted by Crippen LogP contribution is -2.48. The van der Waals surface area contributed by atoms with E-state index in [9.17, 15) is 13.2 Å². The van der Waals surface area contributed by atoms with E-state index >= 15 is 0 Å². The van der Waals surface area contributed by atoms with Gasteiger partial charge in [0.1, 0.15) is 6.54 Å². The SMILES string of the molecule is CC(C)(C)N(CC(=O)O)S(=O)(=O)c1ccn[nH]1. The molecular formula is C9H15N3O4S. The first kappa shape index (κ1) is 13.7. The van der Waals surface area contributed by atoms with Crippen molar-refractivity contribution in [2.75, 3.05) is 6.54 Å². The van der Waals surface area contributed by atoms with Gasteiger partial charge in [-0.2, -0.15) is 9.40 Å². The van der Waals surface area contributed by atoms with E-state index < -0.39 is 28.1 Å². The van der Waals surface area contributed by atoms with Crippen molar-refractivity contribution in [3.8, 4) is 0 Å². The molecule has 1 aromatic rings. The Kier molecular flexibility index (Phi) is 3.58. The highest BCUT2D eigenvalue weighted by atomic mass is 32.2. The van der Waals surface area contributed by atoms with E-state index in [0.29, 0.717) is 0 Å². The fourth-order valence-corrected chi connectivity index (χ4v) is 2.95. The second kappa shape index (κ2) is 4.46. The number of hydrogen-bond acceptors (Lipinski definition) is 4. The van der Waals surface area contributed by atoms with Gasteiger partial charge in [0.15, 0.2) is 5.03 Å². The van der Waals surface area contributed by atoms with Crippen LogP contribution in [0.5, 0.6) is 0 Å². The Morgan fingerprint density at radius 2 is 2.12 bits per heavy atom. The molecule has 1 heterocycles. The van der Waals surface area contributed by atoms with E-state index in [-0.39, 0.29) is 5.03 Å². The Bertz CT molecular complexity index is 487. The highest BCUT2D eigenvalue weighted by Crippen LogP contribution is 2.22. The molecule has 1 aromatic heterocycles. The van der Waals surface area contributed by atoms with Gasteiger partial charge in [-0.05, 0) is 26.8 Å². The molecule has 0 aromatic carbocycles. The highest BCUT2D eigenvalue weighted by molar-refractivity contribution is 7.89. The quantitative estimate of drug-likeness (QED) is 0.810. The molecule has 0 radical (unpaired) electrons. The molecule has 17 heavy (non-hydrogen) atoms. The second-order valence-corrected chi connectivity index (χ2v) is 6.33. The van der Waals surface area contributed by atoms with E-state index in [0.717, 1.165) is 4.31 Å². The average molecular weight is 261 g/mol. The van der Waals surface area contributed by atoms with Crippen molar-refractivity contribution < 1.29 is 18.3 Å². The standard InChI is InChI=1S/C9H15N3O4S/c1-9(2,3)12(6-8(13)14)17(15,16)7-4-5-10-11-7/h4-5H,6H2,1-3H3,(H,10,11)(H,13,14). The first-order valence-corrected chi connectivity index (χ1v) is 6.34. The van der Waals surface area contributed by atoms with Crippen LogP contribution in [0, 0.1) is 0 Å². The summed E-state index contributed by atoms with van der Waals surface area (Å²) in [4.78, 5) is 10.7. The molecule has 0 saturated heterocycles. The number of carboxylic acid groups (broad SMARTS) is 1. The largest absolute Gasteiger partial charge is 0.480 e. The Morgan fingerprint density at radius 3 is 2.47 bits per heavy atom. The number of carboxylic acids is 1. The van der Waals surface area contributed by atoms with Crippen LogP contribution in [-0.2, 0) is 14.8 Å². The number of sulfonamides is 1. The third-order valence-electron chi connectivity index (χ3n) is 2.07. The molecule has 0 aliphatic carbocycles. The van der Waals surface area contributed by atoms with Crippen LogP contribution in [0.2, 0.25) is 0 Å². The molecule has 0 fully saturated rings. The third-order valence-corrected chi connectivity index (χ3v) is 4.11. The Labute approximate surface area is 99.5 Å². The van der Waals surface area contributed by atoms with Gasteiger partial charge in [-0.1, -0.05) is 0 Å². The van der Waals surface area contributed by atoms with Gasteiger partial charge in [-0.15, -0.1) is 0 Å². The molecule has 1 rings (SSSR count). The van der Waals surface area contributed by atoms with Crippen LogP contribution >= 0.6 is 0 Å². The minimum absolute atomic E-state index is 0.117. The number of aliphatic carboxylic acids is 1. The van der Waals surface area contributed by atoms with Crippen LogP contribution < -0.4 is 0 Å². The normalized spacial score (nSPS) is 12.9. The fraction of sp³-hybridized carbons (Fsp3) is 0.556. The van der Waals surface area contributed by atoms with Crippen LogP contribution in [0.25, 0.3) is 0 Å². The Morgan fingerprint density at radius 1 is 1.53 bits per heavy atom. The first-order chi connectivity index (χ1) is 7.65. The van der Waals surface area contributed by atoms with E-state index in [1.165, 1.54) is 12.3 Å². The molecule has 0 aliphatic rings. The average Bonchev–Trinajstić information content (AvgIpc) is 2.64. The van der Waals surface area contributed by atoms with Crippen molar-refractivity contribution in [2.24, 2.45) is 0 Å². The summed E-state index contributed by atoms with van der Waals surface area (Å²) >= 11 is 0. The summed E-state index contributed by atoms with van der Waals surface area (Å²) < 4.78 is 25.2. The third kappa shape index (κ3) is 3.04. The van der Waals surface area contributed by atoms with Gasteiger partial charge in [0.2, 0.25) is 0 Å². The van der Waals surface area contributed by atoms with Gasteiger partial charge < -0.3 is 5.11 Å². The summed E-state index contributed by atoms with van der Waals surface area (Å²) in [5.41, 5.74) is -0.831. The number of carbonyl (C=O) groups is 1. The lowest BCUT2D eigenvalue weighted by molar-refractivity contribution is -0.138. The number of nitrogens with one attached hydrogen (secondary N) is 1. The van der Waals surface area contributed by atoms with E-state index in [4.69, 9.17) is 5.11 Å². The summed E-state index contributed by atoms with van der Waals surface area (Å²) in [6.07, 6.45) is 1.30. The van der Waals surface area contributed by atoms with Crippen molar-refractivity contribution >= 4 is 16.0 Å². The predicted molar refractivity (Wildman–Crippen MR) is 59.9 cm³/mol. The second-order valence-electron chi connectivity index (χ2n) is 4.50. The molecular weight excluding hydrogens is 246 g/mol. The van der Waals surface area contributed by atoms with Crippen molar-refractivity contribution in [3.05, 3.63) is 12.3 Å². The minimum Gasteiger partial charge on any atom is -0.480 e. The van der Waals surface area contributed by atoms with Crippen LogP contribution in [-0.4, -0.2) is 46.1 Å². The van der Waals surface area contributed by atoms with E-state index in [2.05, 4.69) is 10.2 Å². The number of hydrogen-bond donors (Lipinski definition) is 2. The lowest BCUT2D eigenvalue weighted by atomic mass is 10.1. The maximum Gasteiger partial charge on any atom is 0.318 e. The van der Waals surface area contributed by atoms with Crippen LogP contribution in [0.4, 0.5) is 0 Å². The molecule has 2 N–H and O–H groups in total. The van der Waals surface area contributed by atoms with Gasteiger partial charge in [-0.25, -0.2) is 8.42 Å². The van der Waals surface area contributed by atoms with Crippen LogP contribution in [0.1, 0.15) is 20.8 Å². The lowest BCUT2D eigenvalue weighted by Gasteiger charge is -2.32. The van der Waals surface area contributed by atoms with Gasteiger partial charge in [0, 0.05) is 5.54 Å². The van der Waals surface area contributed by atoms with Gasteiger partial charge in [0.25, 0.3) is 10.0 Å². The fourth-order valence-electron chi connectivity index (χ4n) is 1.31. The molecule has 0 spiro atoms. The van der Waals surface area contributed by atoms with Crippen molar-refractivity contribution in [3.63, 3.8) is 0 Å². The molecule has 0 bridgehead atoms.